The van der Waals surface area contributed by atoms with Crippen molar-refractivity contribution in [2.45, 2.75) is 36.9 Å². The van der Waals surface area contributed by atoms with Gasteiger partial charge in [0.05, 0.1) is 0 Å². The maximum absolute atomic E-state index is 12.2. The summed E-state index contributed by atoms with van der Waals surface area (Å²) in [5.41, 5.74) is 6.68. The number of benzene rings is 2. The first-order valence-corrected chi connectivity index (χ1v) is 10.1. The number of rotatable bonds is 4. The van der Waals surface area contributed by atoms with E-state index >= 15 is 0 Å². The topological polar surface area (TPSA) is 106 Å². The van der Waals surface area contributed by atoms with E-state index in [9.17, 15) is 19.2 Å². The number of fused-ring (bicyclic) bond motifs is 1. The van der Waals surface area contributed by atoms with Gasteiger partial charge in [0, 0.05) is 11.1 Å². The van der Waals surface area contributed by atoms with E-state index in [2.05, 4.69) is 15.9 Å². The number of nitrogens with one attached hydrogen (secondary N) is 1. The number of carbonyl (C=O) groups excluding carboxylic acids is 4. The van der Waals surface area contributed by atoms with Gasteiger partial charge in [0.25, 0.3) is 0 Å². The van der Waals surface area contributed by atoms with Crippen LogP contribution in [0.3, 0.4) is 0 Å². The highest BCUT2D eigenvalue weighted by Crippen LogP contribution is 2.33. The van der Waals surface area contributed by atoms with Gasteiger partial charge in [-0.1, -0.05) is 84.4 Å². The molecule has 3 rings (SSSR count). The molecule has 0 saturated carbocycles. The zero-order chi connectivity index (χ0) is 21.6. The van der Waals surface area contributed by atoms with E-state index in [1.54, 1.807) is 24.3 Å². The highest BCUT2D eigenvalue weighted by molar-refractivity contribution is 9.10. The maximum Gasteiger partial charge on any atom is 0.318 e. The van der Waals surface area contributed by atoms with Crippen molar-refractivity contribution in [1.82, 2.24) is 5.32 Å². The fraction of sp³-hybridized carbons (Fsp3) is 0.273. The molecule has 0 spiro atoms. The number of imide groups is 1. The standard InChI is InChI=1S/C15H10O2.C7H13BrN2O2/c16-14-11-8-4-5-9-12(11)15(17)13(14)10-6-2-1-3-7-10;1-3-7(8,4-2)5(11)10-6(9)12/h1-9,13H;3-4H2,1-2H3,(H3,9,10,11,12). The summed E-state index contributed by atoms with van der Waals surface area (Å²) < 4.78 is -0.665. The Morgan fingerprint density at radius 3 is 1.79 bits per heavy atom. The molecular weight excluding hydrogens is 436 g/mol. The first-order valence-electron chi connectivity index (χ1n) is 9.27. The fourth-order valence-corrected chi connectivity index (χ4v) is 3.19. The van der Waals surface area contributed by atoms with E-state index in [4.69, 9.17) is 5.73 Å². The molecule has 0 radical (unpaired) electrons. The molecule has 0 atom stereocenters. The SMILES string of the molecule is CCC(Br)(CC)C(=O)NC(N)=O.O=C1c2ccccc2C(=O)C1c1ccccc1. The second-order valence-corrected chi connectivity index (χ2v) is 8.13. The van der Waals surface area contributed by atoms with Crippen molar-refractivity contribution in [1.29, 1.82) is 0 Å². The van der Waals surface area contributed by atoms with Crippen LogP contribution < -0.4 is 11.1 Å². The third kappa shape index (κ3) is 4.98. The van der Waals surface area contributed by atoms with Crippen LogP contribution in [0.5, 0.6) is 0 Å². The Morgan fingerprint density at radius 2 is 1.38 bits per heavy atom. The zero-order valence-corrected chi connectivity index (χ0v) is 17.9. The van der Waals surface area contributed by atoms with E-state index in [0.29, 0.717) is 24.0 Å². The summed E-state index contributed by atoms with van der Waals surface area (Å²) in [7, 11) is 0. The minimum atomic E-state index is -0.814. The molecule has 7 heteroatoms. The van der Waals surface area contributed by atoms with Crippen molar-refractivity contribution in [2.75, 3.05) is 0 Å². The number of nitrogens with two attached hydrogens (primary N) is 1. The summed E-state index contributed by atoms with van der Waals surface area (Å²) in [6, 6.07) is 15.4. The summed E-state index contributed by atoms with van der Waals surface area (Å²) in [6.07, 6.45) is 1.23. The van der Waals surface area contributed by atoms with Gasteiger partial charge >= 0.3 is 6.03 Å². The Kier molecular flexibility index (Phi) is 7.45. The van der Waals surface area contributed by atoms with Crippen molar-refractivity contribution >= 4 is 39.4 Å². The minimum Gasteiger partial charge on any atom is -0.351 e. The summed E-state index contributed by atoms with van der Waals surface area (Å²) >= 11 is 3.26. The van der Waals surface area contributed by atoms with Crippen molar-refractivity contribution in [3.8, 4) is 0 Å². The van der Waals surface area contributed by atoms with Gasteiger partial charge in [0.2, 0.25) is 5.91 Å². The molecule has 6 nitrogen and oxygen atoms in total. The van der Waals surface area contributed by atoms with Crippen LogP contribution in [0.15, 0.2) is 54.6 Å². The van der Waals surface area contributed by atoms with Crippen LogP contribution >= 0.6 is 15.9 Å². The van der Waals surface area contributed by atoms with Gasteiger partial charge in [0.15, 0.2) is 11.6 Å². The number of carbonyl (C=O) groups is 4. The third-order valence-electron chi connectivity index (χ3n) is 4.88. The molecule has 0 unspecified atom stereocenters. The molecule has 1 aliphatic carbocycles. The van der Waals surface area contributed by atoms with Crippen molar-refractivity contribution in [3.05, 3.63) is 71.3 Å². The van der Waals surface area contributed by atoms with Crippen LogP contribution in [0, 0.1) is 0 Å². The number of hydrogen-bond acceptors (Lipinski definition) is 4. The molecular formula is C22H23BrN2O4. The molecule has 1 aliphatic rings. The van der Waals surface area contributed by atoms with Gasteiger partial charge in [-0.15, -0.1) is 0 Å². The second-order valence-electron chi connectivity index (χ2n) is 6.61. The summed E-state index contributed by atoms with van der Waals surface area (Å²) in [6.45, 7) is 3.72. The average molecular weight is 459 g/mol. The fourth-order valence-electron chi connectivity index (χ4n) is 3.09. The summed E-state index contributed by atoms with van der Waals surface area (Å²) in [5, 5.41) is 2.04. The van der Waals surface area contributed by atoms with E-state index in [1.807, 2.05) is 49.5 Å². The smallest absolute Gasteiger partial charge is 0.318 e. The molecule has 3 amide bonds. The van der Waals surface area contributed by atoms with E-state index < -0.39 is 16.3 Å². The van der Waals surface area contributed by atoms with Gasteiger partial charge in [0.1, 0.15) is 10.2 Å². The van der Waals surface area contributed by atoms with Crippen LogP contribution in [0.25, 0.3) is 0 Å². The van der Waals surface area contributed by atoms with Crippen molar-refractivity contribution in [3.63, 3.8) is 0 Å². The number of hydrogen-bond donors (Lipinski definition) is 2. The Morgan fingerprint density at radius 1 is 0.931 bits per heavy atom. The number of alkyl halides is 1. The Balaban J connectivity index is 0.000000223. The average Bonchev–Trinajstić information content (AvgIpc) is 2.98. The second kappa shape index (κ2) is 9.60. The van der Waals surface area contributed by atoms with Gasteiger partial charge < -0.3 is 5.73 Å². The Labute approximate surface area is 178 Å². The van der Waals surface area contributed by atoms with Crippen LogP contribution in [-0.2, 0) is 4.79 Å². The predicted octanol–water partition coefficient (Wildman–Crippen LogP) is 3.98. The summed E-state index contributed by atoms with van der Waals surface area (Å²) in [4.78, 5) is 46.0. The van der Waals surface area contributed by atoms with Crippen LogP contribution in [0.1, 0.15) is 58.9 Å². The zero-order valence-electron chi connectivity index (χ0n) is 16.3. The van der Waals surface area contributed by atoms with Gasteiger partial charge in [-0.05, 0) is 18.4 Å². The number of urea groups is 1. The highest BCUT2D eigenvalue weighted by atomic mass is 79.9. The number of ketones is 2. The molecule has 29 heavy (non-hydrogen) atoms. The molecule has 0 saturated heterocycles. The van der Waals surface area contributed by atoms with Crippen LogP contribution in [0.2, 0.25) is 0 Å². The van der Waals surface area contributed by atoms with E-state index in [-0.39, 0.29) is 17.5 Å². The molecule has 3 N–H and O–H groups in total. The Bertz CT molecular complexity index is 888. The molecule has 152 valence electrons. The third-order valence-corrected chi connectivity index (χ3v) is 6.36. The number of primary amides is 1. The van der Waals surface area contributed by atoms with E-state index in [0.717, 1.165) is 5.56 Å². The lowest BCUT2D eigenvalue weighted by atomic mass is 9.94. The van der Waals surface area contributed by atoms with Crippen molar-refractivity contribution in [2.24, 2.45) is 5.73 Å². The highest BCUT2D eigenvalue weighted by Gasteiger charge is 2.38. The first-order chi connectivity index (χ1) is 13.7. The molecule has 0 bridgehead atoms. The van der Waals surface area contributed by atoms with E-state index in [1.165, 1.54) is 0 Å². The summed E-state index contributed by atoms with van der Waals surface area (Å²) in [5.74, 6) is -1.19. The van der Waals surface area contributed by atoms with Gasteiger partial charge in [-0.25, -0.2) is 4.79 Å². The lowest BCUT2D eigenvalue weighted by Gasteiger charge is -2.21. The molecule has 0 fully saturated rings. The van der Waals surface area contributed by atoms with Crippen molar-refractivity contribution < 1.29 is 19.2 Å². The number of Topliss-reactive ketones (excluding diaryl/α,β-unsaturated/α-hetero) is 2. The number of amides is 3. The maximum atomic E-state index is 12.2. The minimum absolute atomic E-state index is 0.0863. The molecule has 0 aromatic heterocycles. The van der Waals surface area contributed by atoms with Gasteiger partial charge in [-0.3, -0.25) is 19.7 Å². The molecule has 0 heterocycles. The molecule has 0 aliphatic heterocycles. The monoisotopic (exact) mass is 458 g/mol. The molecule has 2 aromatic carbocycles. The molecule has 2 aromatic rings. The normalized spacial score (nSPS) is 13.3. The van der Waals surface area contributed by atoms with Crippen LogP contribution in [0.4, 0.5) is 4.79 Å². The first kappa shape index (κ1) is 22.5. The Hall–Kier alpha value is -2.80. The quantitative estimate of drug-likeness (QED) is 0.533. The number of halogens is 1. The lowest BCUT2D eigenvalue weighted by Crippen LogP contribution is -2.46. The largest absolute Gasteiger partial charge is 0.351 e. The van der Waals surface area contributed by atoms with Crippen LogP contribution in [-0.4, -0.2) is 27.8 Å². The predicted molar refractivity (Wildman–Crippen MR) is 114 cm³/mol. The lowest BCUT2D eigenvalue weighted by molar-refractivity contribution is -0.122. The van der Waals surface area contributed by atoms with Gasteiger partial charge in [-0.2, -0.15) is 0 Å².